The molecule has 0 bridgehead atoms. The Morgan fingerprint density at radius 2 is 1.11 bits per heavy atom. The first-order valence-electron chi connectivity index (χ1n) is 9.99. The van der Waals surface area contributed by atoms with Crippen LogP contribution >= 0.6 is 0 Å². The fraction of sp³-hybridized carbons (Fsp3) is 0.458. The van der Waals surface area contributed by atoms with Gasteiger partial charge in [-0.15, -0.1) is 0 Å². The molecule has 1 saturated carbocycles. The number of Topliss-reactive ketones (excluding diaryl/α,β-unsaturated/α-hetero) is 1. The van der Waals surface area contributed by atoms with Crippen molar-refractivity contribution < 1.29 is 14.3 Å². The summed E-state index contributed by atoms with van der Waals surface area (Å²) in [6.07, 6.45) is 7.22. The molecular weight excluding hydrogens is 336 g/mol. The van der Waals surface area contributed by atoms with Crippen molar-refractivity contribution in [2.75, 3.05) is 14.2 Å². The molecule has 0 spiro atoms. The number of carbonyl (C=O) groups excluding carboxylic acids is 1. The van der Waals surface area contributed by atoms with Crippen LogP contribution in [-0.4, -0.2) is 20.0 Å². The summed E-state index contributed by atoms with van der Waals surface area (Å²) < 4.78 is 10.5. The van der Waals surface area contributed by atoms with Gasteiger partial charge in [0, 0.05) is 11.8 Å². The monoisotopic (exact) mass is 366 g/mol. The molecule has 0 N–H and O–H groups in total. The number of benzene rings is 2. The Labute approximate surface area is 162 Å². The summed E-state index contributed by atoms with van der Waals surface area (Å²) in [5.74, 6) is 2.42. The van der Waals surface area contributed by atoms with Gasteiger partial charge in [-0.2, -0.15) is 0 Å². The van der Waals surface area contributed by atoms with Gasteiger partial charge in [-0.3, -0.25) is 4.79 Å². The fourth-order valence-corrected chi connectivity index (χ4v) is 4.07. The zero-order valence-corrected chi connectivity index (χ0v) is 16.4. The van der Waals surface area contributed by atoms with Crippen LogP contribution in [0.25, 0.3) is 0 Å². The average Bonchev–Trinajstić information content (AvgIpc) is 2.71. The average molecular weight is 367 g/mol. The van der Waals surface area contributed by atoms with E-state index >= 15 is 0 Å². The Balaban J connectivity index is 1.70. The molecule has 0 radical (unpaired) electrons. The minimum atomic E-state index is 0.127. The van der Waals surface area contributed by atoms with Crippen LogP contribution in [0.15, 0.2) is 48.5 Å². The highest BCUT2D eigenvalue weighted by Gasteiger charge is 2.28. The van der Waals surface area contributed by atoms with Crippen LogP contribution in [0, 0.1) is 11.8 Å². The quantitative estimate of drug-likeness (QED) is 0.700. The summed E-state index contributed by atoms with van der Waals surface area (Å²) in [7, 11) is 3.36. The van der Waals surface area contributed by atoms with E-state index in [1.807, 2.05) is 24.3 Å². The van der Waals surface area contributed by atoms with E-state index in [9.17, 15) is 4.79 Å². The molecule has 1 aliphatic carbocycles. The van der Waals surface area contributed by atoms with Crippen LogP contribution in [0.4, 0.5) is 0 Å². The third-order valence-corrected chi connectivity index (χ3v) is 5.69. The number of ketones is 1. The zero-order chi connectivity index (χ0) is 19.1. The molecule has 0 aromatic heterocycles. The van der Waals surface area contributed by atoms with E-state index in [-0.39, 0.29) is 11.8 Å². The Kier molecular flexibility index (Phi) is 6.92. The van der Waals surface area contributed by atoms with Gasteiger partial charge in [0.25, 0.3) is 0 Å². The second-order valence-corrected chi connectivity index (χ2v) is 7.54. The molecular formula is C24H30O3. The number of carbonyl (C=O) groups is 1. The molecule has 0 amide bonds. The molecule has 0 heterocycles. The molecule has 3 rings (SSSR count). The summed E-state index contributed by atoms with van der Waals surface area (Å²) in [6.45, 7) is 0. The van der Waals surface area contributed by atoms with Gasteiger partial charge in [0.05, 0.1) is 14.2 Å². The smallest absolute Gasteiger partial charge is 0.139 e. The molecule has 2 aromatic carbocycles. The molecule has 1 fully saturated rings. The maximum absolute atomic E-state index is 13.3. The lowest BCUT2D eigenvalue weighted by atomic mass is 9.78. The molecule has 144 valence electrons. The van der Waals surface area contributed by atoms with E-state index in [2.05, 4.69) is 24.3 Å². The van der Waals surface area contributed by atoms with Crippen molar-refractivity contribution >= 4 is 5.78 Å². The van der Waals surface area contributed by atoms with Crippen molar-refractivity contribution in [2.45, 2.75) is 44.9 Å². The highest BCUT2D eigenvalue weighted by Crippen LogP contribution is 2.29. The summed E-state index contributed by atoms with van der Waals surface area (Å²) in [5.41, 5.74) is 2.44. The second kappa shape index (κ2) is 9.59. The molecule has 2 atom stereocenters. The van der Waals surface area contributed by atoms with E-state index in [4.69, 9.17) is 9.47 Å². The van der Waals surface area contributed by atoms with Gasteiger partial charge >= 0.3 is 0 Å². The third-order valence-electron chi connectivity index (χ3n) is 5.69. The van der Waals surface area contributed by atoms with E-state index in [0.717, 1.165) is 50.0 Å². The van der Waals surface area contributed by atoms with E-state index in [1.54, 1.807) is 14.2 Å². The van der Waals surface area contributed by atoms with Crippen LogP contribution in [-0.2, 0) is 17.6 Å². The van der Waals surface area contributed by atoms with Gasteiger partial charge in [-0.25, -0.2) is 0 Å². The third kappa shape index (κ3) is 5.35. The van der Waals surface area contributed by atoms with Crippen molar-refractivity contribution in [1.82, 2.24) is 0 Å². The van der Waals surface area contributed by atoms with Crippen LogP contribution in [0.5, 0.6) is 11.5 Å². The first-order chi connectivity index (χ1) is 13.2. The molecule has 1 aliphatic rings. The van der Waals surface area contributed by atoms with Crippen LogP contribution < -0.4 is 9.47 Å². The SMILES string of the molecule is COc1ccc(CC2CCCCCC(Cc3ccc(OC)cc3)C2=O)cc1. The van der Waals surface area contributed by atoms with Crippen molar-refractivity contribution in [3.8, 4) is 11.5 Å². The first kappa shape index (κ1) is 19.5. The lowest BCUT2D eigenvalue weighted by Crippen LogP contribution is -2.28. The summed E-state index contributed by atoms with van der Waals surface area (Å²) in [5, 5.41) is 0. The number of hydrogen-bond acceptors (Lipinski definition) is 3. The van der Waals surface area contributed by atoms with Gasteiger partial charge < -0.3 is 9.47 Å². The molecule has 0 aliphatic heterocycles. The number of methoxy groups -OCH3 is 2. The van der Waals surface area contributed by atoms with Gasteiger partial charge in [-0.05, 0) is 61.1 Å². The van der Waals surface area contributed by atoms with Crippen LogP contribution in [0.3, 0.4) is 0 Å². The standard InChI is InChI=1S/C24H30O3/c1-26-22-12-8-18(9-13-22)16-20-6-4-3-5-7-21(24(20)25)17-19-10-14-23(27-2)15-11-19/h8-15,20-21H,3-7,16-17H2,1-2H3. The van der Waals surface area contributed by atoms with Crippen molar-refractivity contribution in [2.24, 2.45) is 11.8 Å². The summed E-state index contributed by atoms with van der Waals surface area (Å²) >= 11 is 0. The second-order valence-electron chi connectivity index (χ2n) is 7.54. The summed E-state index contributed by atoms with van der Waals surface area (Å²) in [4.78, 5) is 13.3. The number of hydrogen-bond donors (Lipinski definition) is 0. The lowest BCUT2D eigenvalue weighted by molar-refractivity contribution is -0.127. The Morgan fingerprint density at radius 3 is 1.48 bits per heavy atom. The Bertz CT molecular complexity index is 657. The first-order valence-corrected chi connectivity index (χ1v) is 9.99. The molecule has 3 heteroatoms. The maximum atomic E-state index is 13.3. The minimum absolute atomic E-state index is 0.127. The Morgan fingerprint density at radius 1 is 0.704 bits per heavy atom. The van der Waals surface area contributed by atoms with Crippen molar-refractivity contribution in [3.05, 3.63) is 59.7 Å². The van der Waals surface area contributed by atoms with Gasteiger partial charge in [0.15, 0.2) is 0 Å². The molecule has 27 heavy (non-hydrogen) atoms. The highest BCUT2D eigenvalue weighted by molar-refractivity contribution is 5.84. The van der Waals surface area contributed by atoms with Gasteiger partial charge in [0.1, 0.15) is 17.3 Å². The largest absolute Gasteiger partial charge is 0.497 e. The normalized spacial score (nSPS) is 20.6. The predicted molar refractivity (Wildman–Crippen MR) is 108 cm³/mol. The number of rotatable bonds is 6. The van der Waals surface area contributed by atoms with E-state index in [0.29, 0.717) is 5.78 Å². The minimum Gasteiger partial charge on any atom is -0.497 e. The van der Waals surface area contributed by atoms with Crippen LogP contribution in [0.1, 0.15) is 43.2 Å². The van der Waals surface area contributed by atoms with Crippen molar-refractivity contribution in [1.29, 1.82) is 0 Å². The highest BCUT2D eigenvalue weighted by atomic mass is 16.5. The maximum Gasteiger partial charge on any atom is 0.139 e. The van der Waals surface area contributed by atoms with E-state index < -0.39 is 0 Å². The van der Waals surface area contributed by atoms with Crippen molar-refractivity contribution in [3.63, 3.8) is 0 Å². The van der Waals surface area contributed by atoms with E-state index in [1.165, 1.54) is 17.5 Å². The molecule has 3 nitrogen and oxygen atoms in total. The van der Waals surface area contributed by atoms with Crippen LogP contribution in [0.2, 0.25) is 0 Å². The topological polar surface area (TPSA) is 35.5 Å². The summed E-state index contributed by atoms with van der Waals surface area (Å²) in [6, 6.07) is 16.3. The Hall–Kier alpha value is -2.29. The zero-order valence-electron chi connectivity index (χ0n) is 16.4. The predicted octanol–water partition coefficient (Wildman–Crippen LogP) is 5.25. The van der Waals surface area contributed by atoms with Gasteiger partial charge in [0.2, 0.25) is 0 Å². The number of ether oxygens (including phenoxy) is 2. The molecule has 2 aromatic rings. The fourth-order valence-electron chi connectivity index (χ4n) is 4.07. The van der Waals surface area contributed by atoms with Gasteiger partial charge in [-0.1, -0.05) is 43.5 Å². The lowest BCUT2D eigenvalue weighted by Gasteiger charge is -2.25. The molecule has 2 unspecified atom stereocenters. The molecule has 0 saturated heterocycles.